The molecule has 1 N–H and O–H groups in total. The number of rotatable bonds is 8. The van der Waals surface area contributed by atoms with E-state index in [0.29, 0.717) is 40.4 Å². The molecule has 2 aromatic carbocycles. The molecule has 1 amide bonds. The molecule has 0 unspecified atom stereocenters. The fourth-order valence-electron chi connectivity index (χ4n) is 5.82. The van der Waals surface area contributed by atoms with Crippen LogP contribution in [0.4, 0.5) is 13.2 Å². The van der Waals surface area contributed by atoms with Crippen molar-refractivity contribution >= 4 is 11.6 Å². The number of aliphatic hydroxyl groups excluding tert-OH is 1. The van der Waals surface area contributed by atoms with Crippen molar-refractivity contribution in [1.29, 1.82) is 0 Å². The smallest absolute Gasteiger partial charge is 0.433 e. The van der Waals surface area contributed by atoms with Crippen molar-refractivity contribution in [2.45, 2.75) is 32.1 Å². The Hall–Kier alpha value is -4.36. The summed E-state index contributed by atoms with van der Waals surface area (Å²) < 4.78 is 59.9. The third-order valence-corrected chi connectivity index (χ3v) is 8.08. The average Bonchev–Trinajstić information content (AvgIpc) is 3.43. The van der Waals surface area contributed by atoms with Crippen LogP contribution >= 0.6 is 0 Å². The number of nitrogens with zero attached hydrogens (tertiary/aromatic N) is 5. The first-order chi connectivity index (χ1) is 21.0. The highest BCUT2D eigenvalue weighted by molar-refractivity contribution is 6.00. The Bertz CT molecular complexity index is 1660. The van der Waals surface area contributed by atoms with Crippen LogP contribution in [0, 0.1) is 6.92 Å². The minimum atomic E-state index is -4.75. The maximum atomic E-state index is 14.4. The molecule has 1 aliphatic rings. The fraction of sp³-hybridized carbons (Fsp3) is 0.387. The number of hydrogen-bond donors (Lipinski definition) is 1. The summed E-state index contributed by atoms with van der Waals surface area (Å²) in [6.07, 6.45) is -3.61. The minimum absolute atomic E-state index is 0.0289. The van der Waals surface area contributed by atoms with Crippen LogP contribution in [0.2, 0.25) is 0 Å². The molecule has 1 fully saturated rings. The van der Waals surface area contributed by atoms with Crippen molar-refractivity contribution in [2.24, 2.45) is 0 Å². The standard InChI is InChI=1S/C31H34F3N5O5/c1-18-16-37(25(17-40)23-14-22(43-4)10-11-26(23)44-5)12-13-38(18)30(41)24-15-35-39-28(31(32,33)34)19(2)27(36-29(24)39)20-6-8-21(42-3)9-7-20/h6-11,14-15,18,25,40H,12-13,16-17H2,1-5H3/t18-,25+/m1/s1. The first kappa shape index (κ1) is 31.1. The summed E-state index contributed by atoms with van der Waals surface area (Å²) in [6.45, 7) is 4.06. The number of amides is 1. The van der Waals surface area contributed by atoms with E-state index in [9.17, 15) is 23.1 Å². The molecule has 0 bridgehead atoms. The molecule has 2 aromatic heterocycles. The van der Waals surface area contributed by atoms with Crippen LogP contribution in [-0.4, -0.2) is 89.0 Å². The Morgan fingerprint density at radius 1 is 1.05 bits per heavy atom. The second-order valence-corrected chi connectivity index (χ2v) is 10.6. The molecule has 2 atom stereocenters. The van der Waals surface area contributed by atoms with Crippen LogP contribution in [0.5, 0.6) is 17.2 Å². The number of carbonyl (C=O) groups is 1. The molecular weight excluding hydrogens is 579 g/mol. The van der Waals surface area contributed by atoms with Crippen molar-refractivity contribution in [3.8, 4) is 28.5 Å². The van der Waals surface area contributed by atoms with Gasteiger partial charge in [-0.2, -0.15) is 18.3 Å². The van der Waals surface area contributed by atoms with E-state index in [1.165, 1.54) is 14.0 Å². The number of hydrogen-bond acceptors (Lipinski definition) is 8. The van der Waals surface area contributed by atoms with Gasteiger partial charge in [0.05, 0.1) is 45.9 Å². The van der Waals surface area contributed by atoms with E-state index in [0.717, 1.165) is 11.8 Å². The van der Waals surface area contributed by atoms with Gasteiger partial charge in [-0.3, -0.25) is 9.69 Å². The average molecular weight is 614 g/mol. The van der Waals surface area contributed by atoms with E-state index in [1.807, 2.05) is 17.9 Å². The molecule has 0 aliphatic carbocycles. The van der Waals surface area contributed by atoms with Crippen molar-refractivity contribution in [3.63, 3.8) is 0 Å². The van der Waals surface area contributed by atoms with Gasteiger partial charge in [-0.05, 0) is 56.3 Å². The zero-order chi connectivity index (χ0) is 31.8. The summed E-state index contributed by atoms with van der Waals surface area (Å²) in [6, 6.07) is 11.1. The van der Waals surface area contributed by atoms with Crippen LogP contribution < -0.4 is 14.2 Å². The molecule has 0 spiro atoms. The highest BCUT2D eigenvalue weighted by Crippen LogP contribution is 2.38. The molecule has 4 aromatic rings. The number of carbonyl (C=O) groups excluding carboxylic acids is 1. The quantitative estimate of drug-likeness (QED) is 0.307. The second kappa shape index (κ2) is 12.3. The van der Waals surface area contributed by atoms with E-state index in [2.05, 4.69) is 10.1 Å². The maximum absolute atomic E-state index is 14.4. The monoisotopic (exact) mass is 613 g/mol. The summed E-state index contributed by atoms with van der Waals surface area (Å²) >= 11 is 0. The SMILES string of the molecule is COc1ccc(-c2nc3c(C(=O)N4CCN([C@@H](CO)c5cc(OC)ccc5OC)C[C@H]4C)cnn3c(C(F)(F)F)c2C)cc1. The lowest BCUT2D eigenvalue weighted by atomic mass is 10.0. The number of aromatic nitrogens is 3. The number of fused-ring (bicyclic) bond motifs is 1. The van der Waals surface area contributed by atoms with E-state index >= 15 is 0 Å². The van der Waals surface area contributed by atoms with Gasteiger partial charge in [-0.1, -0.05) is 0 Å². The van der Waals surface area contributed by atoms with Gasteiger partial charge in [0.2, 0.25) is 0 Å². The largest absolute Gasteiger partial charge is 0.497 e. The molecule has 5 rings (SSSR count). The first-order valence-corrected chi connectivity index (χ1v) is 14.0. The summed E-state index contributed by atoms with van der Waals surface area (Å²) in [5.41, 5.74) is -0.0277. The lowest BCUT2D eigenvalue weighted by Gasteiger charge is -2.43. The van der Waals surface area contributed by atoms with Gasteiger partial charge < -0.3 is 24.2 Å². The van der Waals surface area contributed by atoms with Gasteiger partial charge in [0.1, 0.15) is 22.8 Å². The molecule has 1 saturated heterocycles. The molecule has 44 heavy (non-hydrogen) atoms. The predicted octanol–water partition coefficient (Wildman–Crippen LogP) is 4.63. The Labute approximate surface area is 252 Å². The Morgan fingerprint density at radius 3 is 2.32 bits per heavy atom. The molecule has 10 nitrogen and oxygen atoms in total. The van der Waals surface area contributed by atoms with Crippen molar-refractivity contribution in [1.82, 2.24) is 24.4 Å². The molecular formula is C31H34F3N5O5. The molecule has 0 radical (unpaired) electrons. The third-order valence-electron chi connectivity index (χ3n) is 8.08. The van der Waals surface area contributed by atoms with Crippen molar-refractivity contribution in [3.05, 3.63) is 71.0 Å². The van der Waals surface area contributed by atoms with Crippen LogP contribution in [0.3, 0.4) is 0 Å². The zero-order valence-electron chi connectivity index (χ0n) is 25.1. The molecule has 3 heterocycles. The second-order valence-electron chi connectivity index (χ2n) is 10.6. The minimum Gasteiger partial charge on any atom is -0.497 e. The topological polar surface area (TPSA) is 102 Å². The zero-order valence-corrected chi connectivity index (χ0v) is 25.1. The summed E-state index contributed by atoms with van der Waals surface area (Å²) in [4.78, 5) is 22.1. The van der Waals surface area contributed by atoms with E-state index in [4.69, 9.17) is 14.2 Å². The van der Waals surface area contributed by atoms with Crippen molar-refractivity contribution in [2.75, 3.05) is 47.6 Å². The number of alkyl halides is 3. The highest BCUT2D eigenvalue weighted by Gasteiger charge is 2.40. The first-order valence-electron chi connectivity index (χ1n) is 14.0. The Balaban J connectivity index is 1.48. The molecule has 13 heteroatoms. The highest BCUT2D eigenvalue weighted by atomic mass is 19.4. The number of ether oxygens (including phenoxy) is 3. The van der Waals surface area contributed by atoms with Crippen LogP contribution in [0.25, 0.3) is 16.9 Å². The van der Waals surface area contributed by atoms with Gasteiger partial charge in [-0.15, -0.1) is 0 Å². The summed E-state index contributed by atoms with van der Waals surface area (Å²) in [5, 5.41) is 14.3. The lowest BCUT2D eigenvalue weighted by Crippen LogP contribution is -2.55. The molecule has 234 valence electrons. The molecule has 0 saturated carbocycles. The summed E-state index contributed by atoms with van der Waals surface area (Å²) in [5.74, 6) is 1.28. The number of halogens is 3. The lowest BCUT2D eigenvalue weighted by molar-refractivity contribution is -0.143. The van der Waals surface area contributed by atoms with Crippen LogP contribution in [-0.2, 0) is 6.18 Å². The number of benzene rings is 2. The summed E-state index contributed by atoms with van der Waals surface area (Å²) in [7, 11) is 4.60. The van der Waals surface area contributed by atoms with E-state index < -0.39 is 23.8 Å². The van der Waals surface area contributed by atoms with E-state index in [1.54, 1.807) is 55.5 Å². The fourth-order valence-corrected chi connectivity index (χ4v) is 5.82. The van der Waals surface area contributed by atoms with Gasteiger partial charge >= 0.3 is 6.18 Å². The van der Waals surface area contributed by atoms with Gasteiger partial charge in [0.25, 0.3) is 5.91 Å². The number of piperazine rings is 1. The van der Waals surface area contributed by atoms with E-state index in [-0.39, 0.29) is 41.7 Å². The Kier molecular flexibility index (Phi) is 8.71. The molecule has 1 aliphatic heterocycles. The van der Waals surface area contributed by atoms with Gasteiger partial charge in [0, 0.05) is 42.4 Å². The normalized spacial score (nSPS) is 16.7. The van der Waals surface area contributed by atoms with Gasteiger partial charge in [0.15, 0.2) is 11.3 Å². The predicted molar refractivity (Wildman–Crippen MR) is 156 cm³/mol. The van der Waals surface area contributed by atoms with Crippen LogP contribution in [0.15, 0.2) is 48.7 Å². The van der Waals surface area contributed by atoms with Crippen LogP contribution in [0.1, 0.15) is 40.1 Å². The van der Waals surface area contributed by atoms with Crippen molar-refractivity contribution < 1.29 is 37.3 Å². The van der Waals surface area contributed by atoms with Gasteiger partial charge in [-0.25, -0.2) is 9.50 Å². The third kappa shape index (κ3) is 5.64. The Morgan fingerprint density at radius 2 is 1.73 bits per heavy atom. The number of methoxy groups -OCH3 is 3. The maximum Gasteiger partial charge on any atom is 0.433 e. The number of aliphatic hydroxyl groups is 1.